The van der Waals surface area contributed by atoms with Crippen LogP contribution < -0.4 is 16.0 Å². The molecule has 10 heteroatoms. The van der Waals surface area contributed by atoms with Crippen LogP contribution in [-0.4, -0.2) is 26.4 Å². The molecule has 0 saturated carbocycles. The predicted molar refractivity (Wildman–Crippen MR) is 132 cm³/mol. The Balaban J connectivity index is 1.40. The normalized spacial score (nSPS) is 11.3. The molecule has 3 aromatic carbocycles. The first-order chi connectivity index (χ1) is 16.9. The van der Waals surface area contributed by atoms with Gasteiger partial charge in [-0.05, 0) is 48.9 Å². The van der Waals surface area contributed by atoms with E-state index >= 15 is 0 Å². The van der Waals surface area contributed by atoms with E-state index in [2.05, 4.69) is 20.9 Å². The number of benzene rings is 3. The van der Waals surface area contributed by atoms with E-state index < -0.39 is 10.8 Å². The molecule has 0 fully saturated rings. The number of nitrogens with one attached hydrogen (secondary N) is 3. The lowest BCUT2D eigenvalue weighted by atomic mass is 10.1. The Morgan fingerprint density at radius 1 is 0.971 bits per heavy atom. The molecule has 35 heavy (non-hydrogen) atoms. The minimum Gasteiger partial charge on any atom is -0.346 e. The van der Waals surface area contributed by atoms with Crippen molar-refractivity contribution in [2.45, 2.75) is 13.0 Å². The quantitative estimate of drug-likeness (QED) is 0.261. The monoisotopic (exact) mass is 470 g/mol. The Labute approximate surface area is 200 Å². The van der Waals surface area contributed by atoms with E-state index in [9.17, 15) is 19.7 Å². The number of nitro groups is 1. The molecule has 0 aliphatic rings. The number of para-hydroxylation sites is 1. The summed E-state index contributed by atoms with van der Waals surface area (Å²) in [6, 6.07) is 19.7. The largest absolute Gasteiger partial charge is 0.346 e. The van der Waals surface area contributed by atoms with E-state index in [1.54, 1.807) is 49.5 Å². The molecule has 1 unspecified atom stereocenters. The number of rotatable bonds is 7. The standard InChI is InChI=1S/C25H22N6O4/c1-17(18-7-10-21(11-8-18)29-25(33)28-20-5-3-2-4-6-20)27-24(32)19-9-12-22(23(15-19)31(34)35)30-14-13-26-16-30/h2-17H,1H3,(H,27,32)(H2,28,29,33). The van der Waals surface area contributed by atoms with E-state index in [0.717, 1.165) is 5.56 Å². The summed E-state index contributed by atoms with van der Waals surface area (Å²) in [5.74, 6) is -0.442. The van der Waals surface area contributed by atoms with Crippen LogP contribution in [0, 0.1) is 10.1 Å². The number of nitrogens with zero attached hydrogens (tertiary/aromatic N) is 3. The number of amides is 3. The maximum absolute atomic E-state index is 12.8. The van der Waals surface area contributed by atoms with E-state index in [-0.39, 0.29) is 23.3 Å². The first-order valence-electron chi connectivity index (χ1n) is 10.7. The predicted octanol–water partition coefficient (Wildman–Crippen LogP) is 4.92. The second kappa shape index (κ2) is 10.3. The molecule has 3 amide bonds. The van der Waals surface area contributed by atoms with Gasteiger partial charge in [-0.2, -0.15) is 0 Å². The molecule has 1 heterocycles. The van der Waals surface area contributed by atoms with Gasteiger partial charge in [0.1, 0.15) is 5.69 Å². The fourth-order valence-electron chi connectivity index (χ4n) is 3.46. The smallest absolute Gasteiger partial charge is 0.323 e. The molecule has 3 N–H and O–H groups in total. The van der Waals surface area contributed by atoms with Crippen LogP contribution in [0.15, 0.2) is 91.5 Å². The van der Waals surface area contributed by atoms with Gasteiger partial charge in [0.25, 0.3) is 11.6 Å². The molecular weight excluding hydrogens is 448 g/mol. The third-order valence-corrected chi connectivity index (χ3v) is 5.26. The molecule has 10 nitrogen and oxygen atoms in total. The van der Waals surface area contributed by atoms with Gasteiger partial charge in [-0.3, -0.25) is 14.9 Å². The van der Waals surface area contributed by atoms with Gasteiger partial charge in [0.15, 0.2) is 0 Å². The number of nitro benzene ring substituents is 1. The fraction of sp³-hybridized carbons (Fsp3) is 0.0800. The van der Waals surface area contributed by atoms with Crippen molar-refractivity contribution in [2.24, 2.45) is 0 Å². The number of carbonyl (C=O) groups is 2. The van der Waals surface area contributed by atoms with Crippen molar-refractivity contribution in [3.63, 3.8) is 0 Å². The summed E-state index contributed by atoms with van der Waals surface area (Å²) in [4.78, 5) is 39.8. The maximum Gasteiger partial charge on any atom is 0.323 e. The van der Waals surface area contributed by atoms with Gasteiger partial charge in [0, 0.05) is 35.4 Å². The van der Waals surface area contributed by atoms with Crippen LogP contribution in [0.4, 0.5) is 21.9 Å². The van der Waals surface area contributed by atoms with Gasteiger partial charge in [-0.25, -0.2) is 9.78 Å². The minimum absolute atomic E-state index is 0.170. The Hall–Kier alpha value is -4.99. The van der Waals surface area contributed by atoms with Crippen LogP contribution in [0.1, 0.15) is 28.9 Å². The van der Waals surface area contributed by atoms with Crippen molar-refractivity contribution in [3.8, 4) is 5.69 Å². The first kappa shape index (κ1) is 23.2. The molecule has 4 aromatic rings. The van der Waals surface area contributed by atoms with Crippen molar-refractivity contribution >= 4 is 29.0 Å². The molecule has 0 aliphatic heterocycles. The van der Waals surface area contributed by atoms with Gasteiger partial charge >= 0.3 is 6.03 Å². The number of carbonyl (C=O) groups excluding carboxylic acids is 2. The third kappa shape index (κ3) is 5.69. The zero-order valence-electron chi connectivity index (χ0n) is 18.7. The summed E-state index contributed by atoms with van der Waals surface area (Å²) < 4.78 is 1.51. The summed E-state index contributed by atoms with van der Waals surface area (Å²) in [7, 11) is 0. The SMILES string of the molecule is CC(NC(=O)c1ccc(-n2ccnc2)c([N+](=O)[O-])c1)c1ccc(NC(=O)Nc2ccccc2)cc1. The fourth-order valence-corrected chi connectivity index (χ4v) is 3.46. The van der Waals surface area contributed by atoms with E-state index in [1.807, 2.05) is 18.2 Å². The number of anilines is 2. The van der Waals surface area contributed by atoms with Crippen LogP contribution >= 0.6 is 0 Å². The Kier molecular flexibility index (Phi) is 6.82. The van der Waals surface area contributed by atoms with E-state index in [4.69, 9.17) is 0 Å². The number of imidazole rings is 1. The second-order valence-corrected chi connectivity index (χ2v) is 7.69. The van der Waals surface area contributed by atoms with Gasteiger partial charge < -0.3 is 20.5 Å². The average Bonchev–Trinajstić information content (AvgIpc) is 3.39. The highest BCUT2D eigenvalue weighted by Gasteiger charge is 2.20. The Morgan fingerprint density at radius 2 is 1.66 bits per heavy atom. The summed E-state index contributed by atoms with van der Waals surface area (Å²) >= 11 is 0. The van der Waals surface area contributed by atoms with Crippen LogP contribution in [-0.2, 0) is 0 Å². The summed E-state index contributed by atoms with van der Waals surface area (Å²) in [6.45, 7) is 1.80. The van der Waals surface area contributed by atoms with Gasteiger partial charge in [-0.1, -0.05) is 30.3 Å². The molecule has 1 atom stereocenters. The minimum atomic E-state index is -0.533. The van der Waals surface area contributed by atoms with Gasteiger partial charge in [-0.15, -0.1) is 0 Å². The van der Waals surface area contributed by atoms with Crippen molar-refractivity contribution in [1.29, 1.82) is 0 Å². The topological polar surface area (TPSA) is 131 Å². The molecule has 176 valence electrons. The van der Waals surface area contributed by atoms with E-state index in [0.29, 0.717) is 17.1 Å². The van der Waals surface area contributed by atoms with Crippen LogP contribution in [0.3, 0.4) is 0 Å². The molecular formula is C25H22N6O4. The van der Waals surface area contributed by atoms with Crippen molar-refractivity contribution in [2.75, 3.05) is 10.6 Å². The molecule has 0 saturated heterocycles. The van der Waals surface area contributed by atoms with Crippen molar-refractivity contribution in [1.82, 2.24) is 14.9 Å². The average molecular weight is 470 g/mol. The van der Waals surface area contributed by atoms with Gasteiger partial charge in [0.2, 0.25) is 0 Å². The highest BCUT2D eigenvalue weighted by molar-refractivity contribution is 5.99. The summed E-state index contributed by atoms with van der Waals surface area (Å²) in [5, 5.41) is 19.9. The first-order valence-corrected chi connectivity index (χ1v) is 10.7. The van der Waals surface area contributed by atoms with Crippen LogP contribution in [0.2, 0.25) is 0 Å². The Bertz CT molecular complexity index is 1340. The van der Waals surface area contributed by atoms with Crippen molar-refractivity contribution < 1.29 is 14.5 Å². The molecule has 0 radical (unpaired) electrons. The third-order valence-electron chi connectivity index (χ3n) is 5.26. The molecule has 4 rings (SSSR count). The molecule has 1 aromatic heterocycles. The lowest BCUT2D eigenvalue weighted by molar-refractivity contribution is -0.384. The Morgan fingerprint density at radius 3 is 2.29 bits per heavy atom. The highest BCUT2D eigenvalue weighted by atomic mass is 16.6. The van der Waals surface area contributed by atoms with E-state index in [1.165, 1.54) is 35.3 Å². The maximum atomic E-state index is 12.8. The van der Waals surface area contributed by atoms with Crippen LogP contribution in [0.25, 0.3) is 5.69 Å². The zero-order chi connectivity index (χ0) is 24.8. The molecule has 0 aliphatic carbocycles. The van der Waals surface area contributed by atoms with Crippen LogP contribution in [0.5, 0.6) is 0 Å². The highest BCUT2D eigenvalue weighted by Crippen LogP contribution is 2.25. The number of hydrogen-bond donors (Lipinski definition) is 3. The second-order valence-electron chi connectivity index (χ2n) is 7.69. The lowest BCUT2D eigenvalue weighted by Crippen LogP contribution is -2.26. The summed E-state index contributed by atoms with van der Waals surface area (Å²) in [6.07, 6.45) is 4.56. The van der Waals surface area contributed by atoms with Crippen molar-refractivity contribution in [3.05, 3.63) is 113 Å². The summed E-state index contributed by atoms with van der Waals surface area (Å²) in [5.41, 5.74) is 2.35. The lowest BCUT2D eigenvalue weighted by Gasteiger charge is -2.15. The number of hydrogen-bond acceptors (Lipinski definition) is 5. The van der Waals surface area contributed by atoms with Gasteiger partial charge in [0.05, 0.1) is 17.3 Å². The molecule has 0 bridgehead atoms. The zero-order valence-corrected chi connectivity index (χ0v) is 18.7. The number of urea groups is 1. The number of aromatic nitrogens is 2. The molecule has 0 spiro atoms.